The predicted octanol–water partition coefficient (Wildman–Crippen LogP) is 3.58. The second kappa shape index (κ2) is 4.68. The third-order valence-corrected chi connectivity index (χ3v) is 3.75. The summed E-state index contributed by atoms with van der Waals surface area (Å²) in [6.45, 7) is 0. The van der Waals surface area contributed by atoms with Crippen LogP contribution >= 0.6 is 27.7 Å². The molecule has 2 N–H and O–H groups in total. The average molecular weight is 281 g/mol. The van der Waals surface area contributed by atoms with Crippen LogP contribution < -0.4 is 5.73 Å². The zero-order chi connectivity index (χ0) is 10.7. The number of hydrogen-bond acceptors (Lipinski definition) is 3. The SMILES string of the molecule is Nc1ccc(Sc2ccccn2)c(Br)c1. The van der Waals surface area contributed by atoms with E-state index in [4.69, 9.17) is 5.73 Å². The highest BCUT2D eigenvalue weighted by atomic mass is 79.9. The van der Waals surface area contributed by atoms with Gasteiger partial charge >= 0.3 is 0 Å². The molecule has 0 saturated heterocycles. The zero-order valence-corrected chi connectivity index (χ0v) is 10.3. The van der Waals surface area contributed by atoms with Gasteiger partial charge in [-0.25, -0.2) is 4.98 Å². The average Bonchev–Trinajstić information content (AvgIpc) is 2.24. The lowest BCUT2D eigenvalue weighted by molar-refractivity contribution is 1.13. The van der Waals surface area contributed by atoms with Gasteiger partial charge in [0.05, 0.1) is 0 Å². The monoisotopic (exact) mass is 280 g/mol. The van der Waals surface area contributed by atoms with Crippen molar-refractivity contribution in [3.05, 3.63) is 47.1 Å². The van der Waals surface area contributed by atoms with Gasteiger partial charge in [0.15, 0.2) is 0 Å². The predicted molar refractivity (Wildman–Crippen MR) is 66.9 cm³/mol. The maximum atomic E-state index is 5.67. The molecule has 0 amide bonds. The first-order valence-corrected chi connectivity index (χ1v) is 6.00. The summed E-state index contributed by atoms with van der Waals surface area (Å²) in [6, 6.07) is 11.6. The molecular formula is C11H9BrN2S. The number of nitrogen functional groups attached to an aromatic ring is 1. The van der Waals surface area contributed by atoms with Crippen molar-refractivity contribution in [1.29, 1.82) is 0 Å². The van der Waals surface area contributed by atoms with Crippen molar-refractivity contribution >= 4 is 33.4 Å². The van der Waals surface area contributed by atoms with Gasteiger partial charge in [0.1, 0.15) is 5.03 Å². The topological polar surface area (TPSA) is 38.9 Å². The molecular weight excluding hydrogens is 272 g/mol. The third-order valence-electron chi connectivity index (χ3n) is 1.81. The highest BCUT2D eigenvalue weighted by Crippen LogP contribution is 2.33. The highest BCUT2D eigenvalue weighted by Gasteiger charge is 2.02. The van der Waals surface area contributed by atoms with Gasteiger partial charge in [-0.3, -0.25) is 0 Å². The van der Waals surface area contributed by atoms with Gasteiger partial charge in [-0.15, -0.1) is 0 Å². The van der Waals surface area contributed by atoms with Crippen molar-refractivity contribution < 1.29 is 0 Å². The standard InChI is InChI=1S/C11H9BrN2S/c12-9-7-8(13)4-5-10(9)15-11-3-1-2-6-14-11/h1-7H,13H2. The minimum Gasteiger partial charge on any atom is -0.399 e. The summed E-state index contributed by atoms with van der Waals surface area (Å²) in [5.41, 5.74) is 6.42. The highest BCUT2D eigenvalue weighted by molar-refractivity contribution is 9.10. The van der Waals surface area contributed by atoms with E-state index in [0.29, 0.717) is 0 Å². The van der Waals surface area contributed by atoms with E-state index in [0.717, 1.165) is 20.1 Å². The molecule has 0 aliphatic carbocycles. The van der Waals surface area contributed by atoms with E-state index < -0.39 is 0 Å². The first kappa shape index (κ1) is 10.5. The zero-order valence-electron chi connectivity index (χ0n) is 7.85. The van der Waals surface area contributed by atoms with E-state index in [2.05, 4.69) is 20.9 Å². The number of rotatable bonds is 2. The molecule has 2 aromatic rings. The molecule has 2 nitrogen and oxygen atoms in total. The van der Waals surface area contributed by atoms with Crippen molar-refractivity contribution in [3.63, 3.8) is 0 Å². The lowest BCUT2D eigenvalue weighted by Crippen LogP contribution is -1.85. The van der Waals surface area contributed by atoms with Crippen LogP contribution in [0.2, 0.25) is 0 Å². The lowest BCUT2D eigenvalue weighted by atomic mass is 10.3. The van der Waals surface area contributed by atoms with Crippen LogP contribution in [0.25, 0.3) is 0 Å². The minimum absolute atomic E-state index is 0.757. The Labute approximate surface area is 101 Å². The van der Waals surface area contributed by atoms with Crippen molar-refractivity contribution in [2.45, 2.75) is 9.92 Å². The summed E-state index contributed by atoms with van der Waals surface area (Å²) in [5.74, 6) is 0. The number of nitrogens with two attached hydrogens (primary N) is 1. The summed E-state index contributed by atoms with van der Waals surface area (Å²) in [7, 11) is 0. The van der Waals surface area contributed by atoms with Gasteiger partial charge in [0.2, 0.25) is 0 Å². The molecule has 0 fully saturated rings. The molecule has 15 heavy (non-hydrogen) atoms. The van der Waals surface area contributed by atoms with E-state index in [1.807, 2.05) is 36.4 Å². The molecule has 0 aliphatic heterocycles. The van der Waals surface area contributed by atoms with Crippen molar-refractivity contribution in [2.75, 3.05) is 5.73 Å². The minimum atomic E-state index is 0.757. The molecule has 0 unspecified atom stereocenters. The van der Waals surface area contributed by atoms with E-state index in [-0.39, 0.29) is 0 Å². The summed E-state index contributed by atoms with van der Waals surface area (Å²) >= 11 is 5.09. The number of hydrogen-bond donors (Lipinski definition) is 1. The molecule has 0 saturated carbocycles. The van der Waals surface area contributed by atoms with Crippen LogP contribution in [0.1, 0.15) is 0 Å². The van der Waals surface area contributed by atoms with Crippen LogP contribution in [0, 0.1) is 0 Å². The summed E-state index contributed by atoms with van der Waals surface area (Å²) in [6.07, 6.45) is 1.79. The Morgan fingerprint density at radius 1 is 1.20 bits per heavy atom. The number of aromatic nitrogens is 1. The fourth-order valence-electron chi connectivity index (χ4n) is 1.12. The normalized spacial score (nSPS) is 10.2. The molecule has 0 aliphatic rings. The second-order valence-electron chi connectivity index (χ2n) is 2.96. The Kier molecular flexibility index (Phi) is 3.28. The number of benzene rings is 1. The van der Waals surface area contributed by atoms with E-state index in [1.165, 1.54) is 0 Å². The van der Waals surface area contributed by atoms with Crippen LogP contribution in [-0.4, -0.2) is 4.98 Å². The fourth-order valence-corrected chi connectivity index (χ4v) is 2.54. The van der Waals surface area contributed by atoms with Crippen molar-refractivity contribution in [1.82, 2.24) is 4.98 Å². The van der Waals surface area contributed by atoms with Crippen molar-refractivity contribution in [2.24, 2.45) is 0 Å². The van der Waals surface area contributed by atoms with Gasteiger partial charge in [0.25, 0.3) is 0 Å². The van der Waals surface area contributed by atoms with Crippen LogP contribution in [0.5, 0.6) is 0 Å². The largest absolute Gasteiger partial charge is 0.399 e. The Morgan fingerprint density at radius 3 is 2.73 bits per heavy atom. The molecule has 2 rings (SSSR count). The maximum Gasteiger partial charge on any atom is 0.101 e. The second-order valence-corrected chi connectivity index (χ2v) is 4.88. The quantitative estimate of drug-likeness (QED) is 0.855. The Bertz CT molecular complexity index is 459. The van der Waals surface area contributed by atoms with Crippen LogP contribution in [0.3, 0.4) is 0 Å². The first-order valence-electron chi connectivity index (χ1n) is 4.39. The van der Waals surface area contributed by atoms with Gasteiger partial charge in [0, 0.05) is 21.3 Å². The van der Waals surface area contributed by atoms with E-state index in [9.17, 15) is 0 Å². The van der Waals surface area contributed by atoms with Gasteiger partial charge < -0.3 is 5.73 Å². The first-order chi connectivity index (χ1) is 7.25. The Balaban J connectivity index is 2.25. The maximum absolute atomic E-state index is 5.67. The van der Waals surface area contributed by atoms with E-state index >= 15 is 0 Å². The molecule has 0 atom stereocenters. The Morgan fingerprint density at radius 2 is 2.07 bits per heavy atom. The molecule has 4 heteroatoms. The van der Waals surface area contributed by atoms with Gasteiger partial charge in [-0.1, -0.05) is 17.8 Å². The lowest BCUT2D eigenvalue weighted by Gasteiger charge is -2.03. The van der Waals surface area contributed by atoms with Gasteiger partial charge in [-0.2, -0.15) is 0 Å². The molecule has 1 aromatic heterocycles. The number of halogens is 1. The molecule has 0 bridgehead atoms. The molecule has 1 aromatic carbocycles. The summed E-state index contributed by atoms with van der Waals surface area (Å²) in [4.78, 5) is 5.36. The van der Waals surface area contributed by atoms with Crippen LogP contribution in [0.4, 0.5) is 5.69 Å². The van der Waals surface area contributed by atoms with E-state index in [1.54, 1.807) is 18.0 Å². The molecule has 0 spiro atoms. The Hall–Kier alpha value is -1.00. The third kappa shape index (κ3) is 2.73. The van der Waals surface area contributed by atoms with Gasteiger partial charge in [-0.05, 0) is 46.3 Å². The molecule has 0 radical (unpaired) electrons. The number of nitrogens with zero attached hydrogens (tertiary/aromatic N) is 1. The molecule has 76 valence electrons. The van der Waals surface area contributed by atoms with Crippen LogP contribution in [-0.2, 0) is 0 Å². The molecule has 1 heterocycles. The number of pyridine rings is 1. The fraction of sp³-hybridized carbons (Fsp3) is 0. The summed E-state index contributed by atoms with van der Waals surface area (Å²) < 4.78 is 0.998. The number of anilines is 1. The van der Waals surface area contributed by atoms with Crippen LogP contribution in [0.15, 0.2) is 57.0 Å². The smallest absolute Gasteiger partial charge is 0.101 e. The van der Waals surface area contributed by atoms with Crippen molar-refractivity contribution in [3.8, 4) is 0 Å². The summed E-state index contributed by atoms with van der Waals surface area (Å²) in [5, 5.41) is 0.975.